The van der Waals surface area contributed by atoms with Crippen LogP contribution >= 0.6 is 22.9 Å². The lowest BCUT2D eigenvalue weighted by Crippen LogP contribution is -2.29. The van der Waals surface area contributed by atoms with E-state index in [1.54, 1.807) is 24.3 Å². The lowest BCUT2D eigenvalue weighted by Gasteiger charge is -2.28. The number of sulfonamides is 1. The minimum absolute atomic E-state index is 0.0705. The second-order valence-electron chi connectivity index (χ2n) is 7.35. The van der Waals surface area contributed by atoms with Crippen molar-refractivity contribution in [3.05, 3.63) is 64.7 Å². The van der Waals surface area contributed by atoms with E-state index in [1.165, 1.54) is 19.3 Å². The number of hydrogen-bond acceptors (Lipinski definition) is 7. The summed E-state index contributed by atoms with van der Waals surface area (Å²) in [6, 6.07) is 14.4. The van der Waals surface area contributed by atoms with Gasteiger partial charge in [-0.1, -0.05) is 47.2 Å². The quantitative estimate of drug-likeness (QED) is 0.485. The van der Waals surface area contributed by atoms with Gasteiger partial charge in [0.1, 0.15) is 0 Å². The fourth-order valence-electron chi connectivity index (χ4n) is 3.40. The van der Waals surface area contributed by atoms with Crippen LogP contribution in [0.1, 0.15) is 35.2 Å². The fourth-order valence-corrected chi connectivity index (χ4v) is 5.57. The zero-order chi connectivity index (χ0) is 22.6. The van der Waals surface area contributed by atoms with Crippen LogP contribution in [0.4, 0.5) is 10.8 Å². The van der Waals surface area contributed by atoms with Crippen molar-refractivity contribution < 1.29 is 13.2 Å². The summed E-state index contributed by atoms with van der Waals surface area (Å²) in [7, 11) is -3.87. The summed E-state index contributed by atoms with van der Waals surface area (Å²) in [5.74, 6) is -0.488. The third-order valence-corrected chi connectivity index (χ3v) is 8.04. The molecule has 168 valence electrons. The highest BCUT2D eigenvalue weighted by atomic mass is 35.5. The van der Waals surface area contributed by atoms with Gasteiger partial charge in [-0.2, -0.15) is 0 Å². The summed E-state index contributed by atoms with van der Waals surface area (Å²) in [6.07, 6.45) is 3.67. The molecule has 32 heavy (non-hydrogen) atoms. The van der Waals surface area contributed by atoms with E-state index in [0.717, 1.165) is 35.7 Å². The highest BCUT2D eigenvalue weighted by molar-refractivity contribution is 7.91. The second-order valence-corrected chi connectivity index (χ2v) is 10.7. The molecule has 0 spiro atoms. The number of nitrogens with one attached hydrogen (secondary N) is 2. The van der Waals surface area contributed by atoms with Gasteiger partial charge in [0, 0.05) is 25.3 Å². The first-order valence-electron chi connectivity index (χ1n) is 10.2. The molecule has 1 aliphatic rings. The number of rotatable bonds is 7. The lowest BCUT2D eigenvalue weighted by molar-refractivity contribution is 0.102. The predicted octanol–water partition coefficient (Wildman–Crippen LogP) is 3.91. The van der Waals surface area contributed by atoms with Crippen molar-refractivity contribution in [3.63, 3.8) is 0 Å². The molecule has 0 bridgehead atoms. The SMILES string of the molecule is O=C(Nc1nnc(S(=O)(=O)NCc2ccc(N3CCCCC3)cc2)s1)c1ccccc1Cl. The van der Waals surface area contributed by atoms with Crippen LogP contribution in [-0.2, 0) is 16.6 Å². The summed E-state index contributed by atoms with van der Waals surface area (Å²) < 4.78 is 27.5. The lowest BCUT2D eigenvalue weighted by atomic mass is 10.1. The zero-order valence-electron chi connectivity index (χ0n) is 17.1. The molecule has 2 aromatic carbocycles. The molecule has 0 saturated carbocycles. The Hall–Kier alpha value is -2.53. The van der Waals surface area contributed by atoms with E-state index in [1.807, 2.05) is 24.3 Å². The predicted molar refractivity (Wildman–Crippen MR) is 126 cm³/mol. The zero-order valence-corrected chi connectivity index (χ0v) is 19.5. The second kappa shape index (κ2) is 9.95. The van der Waals surface area contributed by atoms with E-state index in [2.05, 4.69) is 25.1 Å². The van der Waals surface area contributed by atoms with Crippen molar-refractivity contribution in [3.8, 4) is 0 Å². The number of anilines is 2. The van der Waals surface area contributed by atoms with Crippen LogP contribution in [0.25, 0.3) is 0 Å². The van der Waals surface area contributed by atoms with E-state index in [9.17, 15) is 13.2 Å². The number of halogens is 1. The maximum absolute atomic E-state index is 12.6. The molecule has 0 radical (unpaired) electrons. The molecule has 1 saturated heterocycles. The van der Waals surface area contributed by atoms with Crippen LogP contribution in [-0.4, -0.2) is 37.6 Å². The fraction of sp³-hybridized carbons (Fsp3) is 0.286. The molecule has 1 aromatic heterocycles. The Morgan fingerprint density at radius 1 is 1.03 bits per heavy atom. The number of hydrogen-bond donors (Lipinski definition) is 2. The standard InChI is InChI=1S/C21H22ClN5O3S2/c22-18-7-3-2-6-17(18)19(28)24-20-25-26-21(31-20)32(29,30)23-14-15-8-10-16(11-9-15)27-12-4-1-5-13-27/h2-3,6-11,23H,1,4-5,12-14H2,(H,24,25,28). The maximum atomic E-state index is 12.6. The maximum Gasteiger partial charge on any atom is 0.270 e. The van der Waals surface area contributed by atoms with E-state index in [0.29, 0.717) is 0 Å². The van der Waals surface area contributed by atoms with Crippen molar-refractivity contribution in [1.29, 1.82) is 0 Å². The number of benzene rings is 2. The smallest absolute Gasteiger partial charge is 0.270 e. The molecular weight excluding hydrogens is 470 g/mol. The number of carbonyl (C=O) groups is 1. The molecule has 1 amide bonds. The van der Waals surface area contributed by atoms with E-state index in [-0.39, 0.29) is 26.6 Å². The third kappa shape index (κ3) is 5.44. The summed E-state index contributed by atoms with van der Waals surface area (Å²) in [5, 5.41) is 10.4. The van der Waals surface area contributed by atoms with Crippen LogP contribution in [0.5, 0.6) is 0 Å². The minimum Gasteiger partial charge on any atom is -0.372 e. The van der Waals surface area contributed by atoms with Gasteiger partial charge in [-0.3, -0.25) is 10.1 Å². The number of carbonyl (C=O) groups excluding carboxylic acids is 1. The van der Waals surface area contributed by atoms with Crippen LogP contribution in [0, 0.1) is 0 Å². The number of piperidine rings is 1. The van der Waals surface area contributed by atoms with E-state index >= 15 is 0 Å². The molecule has 1 fully saturated rings. The van der Waals surface area contributed by atoms with Crippen molar-refractivity contribution in [2.24, 2.45) is 0 Å². The Bertz CT molecular complexity index is 1190. The van der Waals surface area contributed by atoms with Crippen LogP contribution in [0.3, 0.4) is 0 Å². The monoisotopic (exact) mass is 491 g/mol. The van der Waals surface area contributed by atoms with E-state index in [4.69, 9.17) is 11.6 Å². The Morgan fingerprint density at radius 3 is 2.47 bits per heavy atom. The van der Waals surface area contributed by atoms with Gasteiger partial charge in [0.15, 0.2) is 0 Å². The summed E-state index contributed by atoms with van der Waals surface area (Å²) in [4.78, 5) is 14.7. The molecule has 2 N–H and O–H groups in total. The van der Waals surface area contributed by atoms with Gasteiger partial charge in [0.2, 0.25) is 9.47 Å². The summed E-state index contributed by atoms with van der Waals surface area (Å²) in [6.45, 7) is 2.24. The largest absolute Gasteiger partial charge is 0.372 e. The molecule has 2 heterocycles. The average molecular weight is 492 g/mol. The van der Waals surface area contributed by atoms with Gasteiger partial charge >= 0.3 is 0 Å². The molecule has 1 aliphatic heterocycles. The van der Waals surface area contributed by atoms with Gasteiger partial charge < -0.3 is 4.90 Å². The first-order chi connectivity index (χ1) is 15.4. The molecule has 0 atom stereocenters. The normalized spacial score (nSPS) is 14.3. The van der Waals surface area contributed by atoms with Gasteiger partial charge in [-0.15, -0.1) is 10.2 Å². The van der Waals surface area contributed by atoms with Crippen molar-refractivity contribution in [2.45, 2.75) is 30.1 Å². The van der Waals surface area contributed by atoms with Gasteiger partial charge in [0.25, 0.3) is 15.9 Å². The first kappa shape index (κ1) is 22.7. The number of nitrogens with zero attached hydrogens (tertiary/aromatic N) is 3. The molecule has 8 nitrogen and oxygen atoms in total. The first-order valence-corrected chi connectivity index (χ1v) is 12.8. The van der Waals surface area contributed by atoms with Crippen LogP contribution in [0.2, 0.25) is 5.02 Å². The topological polar surface area (TPSA) is 104 Å². The average Bonchev–Trinajstić information content (AvgIpc) is 3.28. The van der Waals surface area contributed by atoms with Gasteiger partial charge in [-0.05, 0) is 49.1 Å². The number of aromatic nitrogens is 2. The summed E-state index contributed by atoms with van der Waals surface area (Å²) >= 11 is 6.79. The molecule has 4 rings (SSSR count). The Balaban J connectivity index is 1.36. The Kier molecular flexibility index (Phi) is 7.04. The molecule has 0 aliphatic carbocycles. The van der Waals surface area contributed by atoms with Crippen molar-refractivity contribution >= 4 is 49.7 Å². The Morgan fingerprint density at radius 2 is 1.75 bits per heavy atom. The molecule has 11 heteroatoms. The molecule has 3 aromatic rings. The minimum atomic E-state index is -3.87. The highest BCUT2D eigenvalue weighted by Crippen LogP contribution is 2.23. The Labute approximate surface area is 195 Å². The third-order valence-electron chi connectivity index (χ3n) is 5.10. The van der Waals surface area contributed by atoms with Crippen molar-refractivity contribution in [1.82, 2.24) is 14.9 Å². The molecule has 0 unspecified atom stereocenters. The van der Waals surface area contributed by atoms with Crippen LogP contribution in [0.15, 0.2) is 52.9 Å². The van der Waals surface area contributed by atoms with Gasteiger partial charge in [-0.25, -0.2) is 13.1 Å². The van der Waals surface area contributed by atoms with E-state index < -0.39 is 15.9 Å². The molecular formula is C21H22ClN5O3S2. The number of amides is 1. The summed E-state index contributed by atoms with van der Waals surface area (Å²) in [5.41, 5.74) is 2.25. The van der Waals surface area contributed by atoms with Crippen molar-refractivity contribution in [2.75, 3.05) is 23.3 Å². The van der Waals surface area contributed by atoms with Crippen LogP contribution < -0.4 is 14.9 Å². The highest BCUT2D eigenvalue weighted by Gasteiger charge is 2.21. The van der Waals surface area contributed by atoms with Gasteiger partial charge in [0.05, 0.1) is 10.6 Å².